The fraction of sp³-hybridized carbons (Fsp3) is 0.538. The van der Waals surface area contributed by atoms with Gasteiger partial charge in [-0.2, -0.15) is 13.2 Å². The first-order valence-corrected chi connectivity index (χ1v) is 6.39. The van der Waals surface area contributed by atoms with E-state index in [-0.39, 0.29) is 6.04 Å². The van der Waals surface area contributed by atoms with Gasteiger partial charge in [-0.15, -0.1) is 0 Å². The van der Waals surface area contributed by atoms with Gasteiger partial charge in [-0.3, -0.25) is 0 Å². The van der Waals surface area contributed by atoms with Gasteiger partial charge in [-0.05, 0) is 31.0 Å². The van der Waals surface area contributed by atoms with E-state index >= 15 is 0 Å². The Balaban J connectivity index is 2.93. The Hall–Kier alpha value is -0.900. The minimum atomic E-state index is -4.34. The Bertz CT molecular complexity index is 390. The maximum Gasteiger partial charge on any atom is 0.416 e. The molecule has 0 bridgehead atoms. The second-order valence-corrected chi connectivity index (χ2v) is 4.64. The summed E-state index contributed by atoms with van der Waals surface area (Å²) in [5.74, 6) is 0. The van der Waals surface area contributed by atoms with Gasteiger partial charge in [0.25, 0.3) is 0 Å². The van der Waals surface area contributed by atoms with Crippen LogP contribution in [0.25, 0.3) is 0 Å². The lowest BCUT2D eigenvalue weighted by atomic mass is 10.1. The second-order valence-electron chi connectivity index (χ2n) is 4.23. The van der Waals surface area contributed by atoms with E-state index in [4.69, 9.17) is 11.6 Å². The van der Waals surface area contributed by atoms with Crippen molar-refractivity contribution in [2.24, 2.45) is 0 Å². The number of rotatable bonds is 5. The Morgan fingerprint density at radius 3 is 2.44 bits per heavy atom. The van der Waals surface area contributed by atoms with Crippen LogP contribution in [-0.2, 0) is 6.18 Å². The number of hydrogen-bond acceptors (Lipinski definition) is 1. The average Bonchev–Trinajstić information content (AvgIpc) is 2.29. The summed E-state index contributed by atoms with van der Waals surface area (Å²) in [7, 11) is 0. The predicted molar refractivity (Wildman–Crippen MR) is 69.1 cm³/mol. The number of anilines is 1. The number of halogens is 4. The minimum absolute atomic E-state index is 0.149. The topological polar surface area (TPSA) is 12.0 Å². The number of nitrogens with one attached hydrogen (secondary N) is 1. The summed E-state index contributed by atoms with van der Waals surface area (Å²) in [4.78, 5) is 0. The van der Waals surface area contributed by atoms with Crippen LogP contribution in [0.5, 0.6) is 0 Å². The molecule has 1 atom stereocenters. The molecule has 18 heavy (non-hydrogen) atoms. The van der Waals surface area contributed by atoms with Crippen LogP contribution in [0.3, 0.4) is 0 Å². The van der Waals surface area contributed by atoms with Crippen LogP contribution >= 0.6 is 11.6 Å². The van der Waals surface area contributed by atoms with Gasteiger partial charge >= 0.3 is 6.18 Å². The molecule has 0 saturated heterocycles. The standard InChI is InChI=1S/C13H17ClF3N/c1-3-5-10(4-2)18-12-8-9(13(15,16)17)6-7-11(12)14/h6-8,10,18H,3-5H2,1-2H3. The summed E-state index contributed by atoms with van der Waals surface area (Å²) in [6, 6.07) is 3.50. The van der Waals surface area contributed by atoms with Crippen molar-refractivity contribution >= 4 is 17.3 Å². The molecule has 0 amide bonds. The molecule has 1 rings (SSSR count). The van der Waals surface area contributed by atoms with Gasteiger partial charge in [0.2, 0.25) is 0 Å². The number of benzene rings is 1. The predicted octanol–water partition coefficient (Wildman–Crippen LogP) is 5.35. The van der Waals surface area contributed by atoms with Crippen molar-refractivity contribution in [1.29, 1.82) is 0 Å². The van der Waals surface area contributed by atoms with Crippen molar-refractivity contribution in [2.75, 3.05) is 5.32 Å². The molecule has 0 fully saturated rings. The molecule has 0 aliphatic rings. The van der Waals surface area contributed by atoms with Crippen molar-refractivity contribution in [3.05, 3.63) is 28.8 Å². The first kappa shape index (κ1) is 15.2. The van der Waals surface area contributed by atoms with Crippen molar-refractivity contribution in [3.63, 3.8) is 0 Å². The van der Waals surface area contributed by atoms with E-state index < -0.39 is 11.7 Å². The zero-order chi connectivity index (χ0) is 13.8. The maximum absolute atomic E-state index is 12.6. The SMILES string of the molecule is CCCC(CC)Nc1cc(C(F)(F)F)ccc1Cl. The zero-order valence-corrected chi connectivity index (χ0v) is 11.2. The van der Waals surface area contributed by atoms with Crippen molar-refractivity contribution in [2.45, 2.75) is 45.3 Å². The van der Waals surface area contributed by atoms with Crippen molar-refractivity contribution < 1.29 is 13.2 Å². The smallest absolute Gasteiger partial charge is 0.381 e. The molecule has 0 heterocycles. The number of alkyl halides is 3. The molecule has 5 heteroatoms. The molecule has 1 aromatic carbocycles. The quantitative estimate of drug-likeness (QED) is 0.766. The van der Waals surface area contributed by atoms with Crippen LogP contribution in [-0.4, -0.2) is 6.04 Å². The Morgan fingerprint density at radius 1 is 1.28 bits per heavy atom. The van der Waals surface area contributed by atoms with Crippen LogP contribution in [0.4, 0.5) is 18.9 Å². The van der Waals surface area contributed by atoms with Crippen LogP contribution in [0.1, 0.15) is 38.7 Å². The summed E-state index contributed by atoms with van der Waals surface area (Å²) in [5, 5.41) is 3.40. The van der Waals surface area contributed by atoms with E-state index in [0.717, 1.165) is 31.4 Å². The Kier molecular flexibility index (Phi) is 5.32. The van der Waals surface area contributed by atoms with Crippen LogP contribution in [0, 0.1) is 0 Å². The maximum atomic E-state index is 12.6. The molecule has 0 radical (unpaired) electrons. The highest BCUT2D eigenvalue weighted by atomic mass is 35.5. The molecular formula is C13H17ClF3N. The van der Waals surface area contributed by atoms with E-state index in [0.29, 0.717) is 10.7 Å². The first-order valence-electron chi connectivity index (χ1n) is 6.01. The third-order valence-electron chi connectivity index (χ3n) is 2.78. The van der Waals surface area contributed by atoms with Crippen LogP contribution < -0.4 is 5.32 Å². The molecule has 1 unspecified atom stereocenters. The lowest BCUT2D eigenvalue weighted by Gasteiger charge is -2.19. The average molecular weight is 280 g/mol. The van der Waals surface area contributed by atoms with Gasteiger partial charge in [0.1, 0.15) is 0 Å². The van der Waals surface area contributed by atoms with Crippen molar-refractivity contribution in [1.82, 2.24) is 0 Å². The molecule has 0 aromatic heterocycles. The molecule has 1 N–H and O–H groups in total. The van der Waals surface area contributed by atoms with Gasteiger partial charge in [0, 0.05) is 6.04 Å². The van der Waals surface area contributed by atoms with Gasteiger partial charge in [-0.25, -0.2) is 0 Å². The third kappa shape index (κ3) is 4.09. The van der Waals surface area contributed by atoms with E-state index in [1.54, 1.807) is 0 Å². The van der Waals surface area contributed by atoms with E-state index in [9.17, 15) is 13.2 Å². The summed E-state index contributed by atoms with van der Waals surface area (Å²) in [5.41, 5.74) is -0.326. The summed E-state index contributed by atoms with van der Waals surface area (Å²) >= 11 is 5.92. The molecule has 102 valence electrons. The largest absolute Gasteiger partial charge is 0.416 e. The Labute approximate surface area is 110 Å². The number of hydrogen-bond donors (Lipinski definition) is 1. The fourth-order valence-electron chi connectivity index (χ4n) is 1.76. The van der Waals surface area contributed by atoms with Crippen LogP contribution in [0.15, 0.2) is 18.2 Å². The highest BCUT2D eigenvalue weighted by Crippen LogP contribution is 2.34. The van der Waals surface area contributed by atoms with Crippen molar-refractivity contribution in [3.8, 4) is 0 Å². The summed E-state index contributed by atoms with van der Waals surface area (Å²) in [6.45, 7) is 4.03. The first-order chi connectivity index (χ1) is 8.38. The lowest BCUT2D eigenvalue weighted by Crippen LogP contribution is -2.18. The highest BCUT2D eigenvalue weighted by Gasteiger charge is 2.31. The minimum Gasteiger partial charge on any atom is -0.381 e. The van der Waals surface area contributed by atoms with E-state index in [1.807, 2.05) is 13.8 Å². The molecule has 0 aliphatic carbocycles. The van der Waals surface area contributed by atoms with Gasteiger partial charge in [0.15, 0.2) is 0 Å². The fourth-order valence-corrected chi connectivity index (χ4v) is 1.93. The molecule has 1 aromatic rings. The van der Waals surface area contributed by atoms with E-state index in [1.165, 1.54) is 6.07 Å². The molecule has 1 nitrogen and oxygen atoms in total. The lowest BCUT2D eigenvalue weighted by molar-refractivity contribution is -0.137. The molecule has 0 aliphatic heterocycles. The van der Waals surface area contributed by atoms with E-state index in [2.05, 4.69) is 5.32 Å². The summed E-state index contributed by atoms with van der Waals surface area (Å²) in [6.07, 6.45) is -1.61. The van der Waals surface area contributed by atoms with Gasteiger partial charge < -0.3 is 5.32 Å². The van der Waals surface area contributed by atoms with Gasteiger partial charge in [-0.1, -0.05) is 31.9 Å². The highest BCUT2D eigenvalue weighted by molar-refractivity contribution is 6.33. The molecular weight excluding hydrogens is 263 g/mol. The second kappa shape index (κ2) is 6.32. The van der Waals surface area contributed by atoms with Crippen LogP contribution in [0.2, 0.25) is 5.02 Å². The zero-order valence-electron chi connectivity index (χ0n) is 10.4. The van der Waals surface area contributed by atoms with Gasteiger partial charge in [0.05, 0.1) is 16.3 Å². The third-order valence-corrected chi connectivity index (χ3v) is 3.11. The Morgan fingerprint density at radius 2 is 1.94 bits per heavy atom. The molecule has 0 spiro atoms. The summed E-state index contributed by atoms with van der Waals surface area (Å²) < 4.78 is 37.8. The monoisotopic (exact) mass is 279 g/mol. The normalized spacial score (nSPS) is 13.4. The molecule has 0 saturated carbocycles.